The summed E-state index contributed by atoms with van der Waals surface area (Å²) in [6, 6.07) is 34.1. The zero-order valence-electron chi connectivity index (χ0n) is 22.1. The summed E-state index contributed by atoms with van der Waals surface area (Å²) in [6.45, 7) is 4.11. The molecule has 0 unspecified atom stereocenters. The summed E-state index contributed by atoms with van der Waals surface area (Å²) in [6.07, 6.45) is 4.47. The van der Waals surface area contributed by atoms with Crippen molar-refractivity contribution in [1.82, 2.24) is 0 Å². The molecule has 4 rings (SSSR count). The van der Waals surface area contributed by atoms with Crippen molar-refractivity contribution in [3.05, 3.63) is 114 Å². The molecule has 0 amide bonds. The van der Waals surface area contributed by atoms with E-state index < -0.39 is 7.92 Å². The maximum absolute atomic E-state index is 11.8. The molecule has 0 spiro atoms. The first kappa shape index (κ1) is 29.6. The highest BCUT2D eigenvalue weighted by Gasteiger charge is 2.17. The van der Waals surface area contributed by atoms with Crippen molar-refractivity contribution < 1.29 is 14.6 Å². The van der Waals surface area contributed by atoms with Crippen molar-refractivity contribution in [2.24, 2.45) is 0 Å². The van der Waals surface area contributed by atoms with E-state index in [0.29, 0.717) is 24.3 Å². The lowest BCUT2D eigenvalue weighted by molar-refractivity contribution is 0.101. The molecule has 1 N–H and O–H groups in total. The van der Waals surface area contributed by atoms with Gasteiger partial charge in [-0.1, -0.05) is 98.3 Å². The number of halogens is 1. The van der Waals surface area contributed by atoms with Gasteiger partial charge in [0.2, 0.25) is 0 Å². The Hall–Kier alpha value is -2.94. The first-order valence-electron chi connectivity index (χ1n) is 13.1. The molecular weight excluding hydrogens is 555 g/mol. The number of rotatable bonds is 12. The lowest BCUT2D eigenvalue weighted by Crippen LogP contribution is -2.20. The minimum atomic E-state index is -0.605. The summed E-state index contributed by atoms with van der Waals surface area (Å²) in [4.78, 5) is 11.8. The van der Waals surface area contributed by atoms with Gasteiger partial charge in [-0.25, -0.2) is 0 Å². The third kappa shape index (κ3) is 7.56. The highest BCUT2D eigenvalue weighted by molar-refractivity contribution is 8.93. The van der Waals surface area contributed by atoms with Crippen LogP contribution in [0.25, 0.3) is 0 Å². The van der Waals surface area contributed by atoms with Gasteiger partial charge in [0, 0.05) is 5.56 Å². The summed E-state index contributed by atoms with van der Waals surface area (Å²) < 4.78 is 6.05. The van der Waals surface area contributed by atoms with Gasteiger partial charge in [-0.2, -0.15) is 0 Å². The van der Waals surface area contributed by atoms with Gasteiger partial charge in [-0.15, -0.1) is 17.0 Å². The van der Waals surface area contributed by atoms with E-state index in [1.807, 2.05) is 6.07 Å². The van der Waals surface area contributed by atoms with Crippen molar-refractivity contribution in [1.29, 1.82) is 0 Å². The second-order valence-corrected chi connectivity index (χ2v) is 11.4. The fourth-order valence-corrected chi connectivity index (χ4v) is 6.96. The van der Waals surface area contributed by atoms with Gasteiger partial charge in [0.25, 0.3) is 0 Å². The monoisotopic (exact) mass is 590 g/mol. The summed E-state index contributed by atoms with van der Waals surface area (Å²) in [5, 5.41) is 14.6. The Balaban J connectivity index is 0.00000400. The molecule has 0 aliphatic heterocycles. The predicted octanol–water partition coefficient (Wildman–Crippen LogP) is 7.29. The van der Waals surface area contributed by atoms with Crippen LogP contribution in [0.15, 0.2) is 97.1 Å². The summed E-state index contributed by atoms with van der Waals surface area (Å²) in [7, 11) is -0.605. The number of ketones is 1. The maximum atomic E-state index is 11.8. The van der Waals surface area contributed by atoms with E-state index in [9.17, 15) is 9.90 Å². The zero-order valence-corrected chi connectivity index (χ0v) is 24.7. The molecule has 4 aromatic carbocycles. The van der Waals surface area contributed by atoms with Crippen LogP contribution in [0.1, 0.15) is 54.6 Å². The molecular formula is C33H36BrO3P. The van der Waals surface area contributed by atoms with E-state index in [1.54, 1.807) is 6.07 Å². The molecule has 5 heteroatoms. The van der Waals surface area contributed by atoms with Crippen LogP contribution in [0.2, 0.25) is 0 Å². The minimum absolute atomic E-state index is 0. The van der Waals surface area contributed by atoms with Gasteiger partial charge < -0.3 is 9.84 Å². The summed E-state index contributed by atoms with van der Waals surface area (Å²) >= 11 is 0. The average Bonchev–Trinajstić information content (AvgIpc) is 2.92. The Morgan fingerprint density at radius 1 is 0.789 bits per heavy atom. The number of ether oxygens (including phenoxy) is 1. The van der Waals surface area contributed by atoms with Crippen molar-refractivity contribution in [3.63, 3.8) is 0 Å². The molecule has 198 valence electrons. The Bertz CT molecular complexity index is 1270. The number of aryl methyl sites for hydroxylation is 1. The Kier molecular flexibility index (Phi) is 11.6. The highest BCUT2D eigenvalue weighted by atomic mass is 79.9. The van der Waals surface area contributed by atoms with E-state index in [1.165, 1.54) is 28.4 Å². The quantitative estimate of drug-likeness (QED) is 0.107. The van der Waals surface area contributed by atoms with Crippen LogP contribution in [0, 0.1) is 0 Å². The predicted molar refractivity (Wildman–Crippen MR) is 166 cm³/mol. The average molecular weight is 592 g/mol. The number of Topliss-reactive ketones (excluding diaryl/α,β-unsaturated/α-hetero) is 1. The summed E-state index contributed by atoms with van der Waals surface area (Å²) in [5.41, 5.74) is 2.44. The van der Waals surface area contributed by atoms with Crippen molar-refractivity contribution >= 4 is 46.6 Å². The number of hydrogen-bond acceptors (Lipinski definition) is 3. The number of phenolic OH excluding ortho intramolecular Hbond substituents is 1. The standard InChI is InChI=1S/C33H35O3P.BrH/c1-3-13-31-32(22-21-30(25(2)34)33(31)35)36-23-11-10-14-26-15-12-20-29(24-26)37(27-16-6-4-7-17-27)28-18-8-5-9-19-28;/h4-9,12,15-22,24,35H,3,10-11,13-14,23H2,1-2H3;1H. The number of carbonyl (C=O) groups excluding carboxylic acids is 1. The Morgan fingerprint density at radius 3 is 2.03 bits per heavy atom. The molecule has 0 aromatic heterocycles. The second-order valence-electron chi connectivity index (χ2n) is 9.23. The number of phenols is 1. The zero-order chi connectivity index (χ0) is 26.0. The van der Waals surface area contributed by atoms with Crippen LogP contribution in [0.5, 0.6) is 11.5 Å². The Morgan fingerprint density at radius 2 is 1.42 bits per heavy atom. The molecule has 0 bridgehead atoms. The van der Waals surface area contributed by atoms with Crippen LogP contribution in [-0.4, -0.2) is 17.5 Å². The Labute approximate surface area is 238 Å². The normalized spacial score (nSPS) is 10.7. The SMILES string of the molecule is Br.CCCc1c(OCCCCc2cccc(P(c3ccccc3)c3ccccc3)c2)ccc(C(C)=O)c1O. The maximum Gasteiger partial charge on any atom is 0.163 e. The van der Waals surface area contributed by atoms with E-state index in [0.717, 1.165) is 31.2 Å². The van der Waals surface area contributed by atoms with Crippen molar-refractivity contribution in [2.75, 3.05) is 6.61 Å². The molecule has 0 radical (unpaired) electrons. The van der Waals surface area contributed by atoms with Gasteiger partial charge in [0.05, 0.1) is 12.2 Å². The van der Waals surface area contributed by atoms with Crippen LogP contribution in [0.3, 0.4) is 0 Å². The van der Waals surface area contributed by atoms with Gasteiger partial charge in [-0.05, 0) is 74.1 Å². The number of hydrogen-bond donors (Lipinski definition) is 1. The van der Waals surface area contributed by atoms with E-state index in [4.69, 9.17) is 4.74 Å². The van der Waals surface area contributed by atoms with E-state index in [2.05, 4.69) is 91.9 Å². The lowest BCUT2D eigenvalue weighted by Gasteiger charge is -2.20. The van der Waals surface area contributed by atoms with Crippen LogP contribution >= 0.6 is 24.9 Å². The minimum Gasteiger partial charge on any atom is -0.507 e. The van der Waals surface area contributed by atoms with E-state index in [-0.39, 0.29) is 28.5 Å². The molecule has 0 saturated heterocycles. The molecule has 38 heavy (non-hydrogen) atoms. The van der Waals surface area contributed by atoms with Gasteiger partial charge in [0.15, 0.2) is 5.78 Å². The lowest BCUT2D eigenvalue weighted by atomic mass is 10.0. The fourth-order valence-electron chi connectivity index (χ4n) is 4.59. The number of benzene rings is 4. The van der Waals surface area contributed by atoms with Crippen LogP contribution < -0.4 is 20.7 Å². The van der Waals surface area contributed by atoms with E-state index >= 15 is 0 Å². The number of carbonyl (C=O) groups is 1. The van der Waals surface area contributed by atoms with Gasteiger partial charge in [-0.3, -0.25) is 4.79 Å². The molecule has 4 aromatic rings. The number of aromatic hydroxyl groups is 1. The third-order valence-corrected chi connectivity index (χ3v) is 8.86. The highest BCUT2D eigenvalue weighted by Crippen LogP contribution is 2.34. The molecule has 3 nitrogen and oxygen atoms in total. The van der Waals surface area contributed by atoms with Crippen molar-refractivity contribution in [3.8, 4) is 11.5 Å². The largest absolute Gasteiger partial charge is 0.507 e. The third-order valence-electron chi connectivity index (χ3n) is 6.43. The topological polar surface area (TPSA) is 46.5 Å². The summed E-state index contributed by atoms with van der Waals surface area (Å²) in [5.74, 6) is 0.617. The molecule has 0 saturated carbocycles. The second kappa shape index (κ2) is 14.9. The van der Waals surface area contributed by atoms with Gasteiger partial charge in [0.1, 0.15) is 11.5 Å². The molecule has 0 heterocycles. The smallest absolute Gasteiger partial charge is 0.163 e. The fraction of sp³-hybridized carbons (Fsp3) is 0.242. The molecule has 0 aliphatic carbocycles. The molecule has 0 aliphatic rings. The van der Waals surface area contributed by atoms with Crippen LogP contribution in [-0.2, 0) is 12.8 Å². The number of unbranched alkanes of at least 4 members (excludes halogenated alkanes) is 1. The van der Waals surface area contributed by atoms with Crippen LogP contribution in [0.4, 0.5) is 0 Å². The van der Waals surface area contributed by atoms with Crippen molar-refractivity contribution in [2.45, 2.75) is 46.0 Å². The first-order valence-corrected chi connectivity index (χ1v) is 14.4. The molecule has 0 fully saturated rings. The van der Waals surface area contributed by atoms with Gasteiger partial charge >= 0.3 is 0 Å². The first-order chi connectivity index (χ1) is 18.1. The molecule has 0 atom stereocenters.